The highest BCUT2D eigenvalue weighted by Crippen LogP contribution is 2.23. The molecular formula is C19H20FNO3S. The lowest BCUT2D eigenvalue weighted by molar-refractivity contribution is -0.130. The molecule has 1 saturated heterocycles. The van der Waals surface area contributed by atoms with Crippen LogP contribution < -0.4 is 0 Å². The minimum atomic E-state index is -3.43. The van der Waals surface area contributed by atoms with Gasteiger partial charge in [-0.2, -0.15) is 0 Å². The van der Waals surface area contributed by atoms with E-state index < -0.39 is 9.84 Å². The molecule has 3 rings (SSSR count). The second kappa shape index (κ2) is 7.35. The Kier molecular flexibility index (Phi) is 5.18. The van der Waals surface area contributed by atoms with E-state index in [0.29, 0.717) is 13.0 Å². The molecule has 1 amide bonds. The molecule has 1 heterocycles. The molecular weight excluding hydrogens is 341 g/mol. The number of carbonyl (C=O) groups excluding carboxylic acids is 1. The number of benzene rings is 2. The predicted octanol–water partition coefficient (Wildman–Crippen LogP) is 2.83. The van der Waals surface area contributed by atoms with Crippen molar-refractivity contribution in [3.05, 3.63) is 66.0 Å². The third-order valence-corrected chi connectivity index (χ3v) is 6.29. The van der Waals surface area contributed by atoms with Gasteiger partial charge in [0.1, 0.15) is 5.82 Å². The number of sulfone groups is 1. The predicted molar refractivity (Wildman–Crippen MR) is 93.3 cm³/mol. The quantitative estimate of drug-likeness (QED) is 0.823. The van der Waals surface area contributed by atoms with Crippen LogP contribution in [0, 0.1) is 5.82 Å². The lowest BCUT2D eigenvalue weighted by Crippen LogP contribution is -2.40. The maximum absolute atomic E-state index is 13.0. The smallest absolute Gasteiger partial charge is 0.227 e. The van der Waals surface area contributed by atoms with Gasteiger partial charge in [-0.05, 0) is 42.7 Å². The summed E-state index contributed by atoms with van der Waals surface area (Å²) in [5.41, 5.74) is 0.725. The molecule has 1 aliphatic heterocycles. The van der Waals surface area contributed by atoms with Crippen LogP contribution in [0.2, 0.25) is 0 Å². The van der Waals surface area contributed by atoms with Crippen molar-refractivity contribution >= 4 is 15.7 Å². The molecule has 0 bridgehead atoms. The second-order valence-corrected chi connectivity index (χ2v) is 8.32. The zero-order chi connectivity index (χ0) is 17.9. The van der Waals surface area contributed by atoms with Gasteiger partial charge in [0.25, 0.3) is 0 Å². The van der Waals surface area contributed by atoms with E-state index in [4.69, 9.17) is 0 Å². The van der Waals surface area contributed by atoms with Gasteiger partial charge >= 0.3 is 0 Å². The Labute approximate surface area is 147 Å². The average Bonchev–Trinajstić information content (AvgIpc) is 3.05. The van der Waals surface area contributed by atoms with Crippen LogP contribution in [0.3, 0.4) is 0 Å². The number of hydrogen-bond donors (Lipinski definition) is 0. The standard InChI is InChI=1S/C19H20FNO3S/c20-16-10-8-15(9-11-16)13-19(22)21-12-4-5-17(21)14-25(23,24)18-6-2-1-3-7-18/h1-3,6-11,17H,4-5,12-14H2/t17-/m1/s1. The summed E-state index contributed by atoms with van der Waals surface area (Å²) in [5, 5.41) is 0. The number of nitrogens with zero attached hydrogens (tertiary/aromatic N) is 1. The lowest BCUT2D eigenvalue weighted by Gasteiger charge is -2.24. The van der Waals surface area contributed by atoms with Crippen molar-refractivity contribution in [1.82, 2.24) is 4.90 Å². The van der Waals surface area contributed by atoms with Crippen molar-refractivity contribution in [3.63, 3.8) is 0 Å². The minimum absolute atomic E-state index is 0.0633. The molecule has 0 unspecified atom stereocenters. The molecule has 2 aromatic rings. The van der Waals surface area contributed by atoms with E-state index in [1.807, 2.05) is 0 Å². The fraction of sp³-hybridized carbons (Fsp3) is 0.316. The van der Waals surface area contributed by atoms with Crippen LogP contribution in [0.5, 0.6) is 0 Å². The third-order valence-electron chi connectivity index (χ3n) is 4.48. The Morgan fingerprint density at radius 2 is 1.76 bits per heavy atom. The van der Waals surface area contributed by atoms with Crippen molar-refractivity contribution < 1.29 is 17.6 Å². The van der Waals surface area contributed by atoms with Crippen LogP contribution in [0.15, 0.2) is 59.5 Å². The first-order valence-electron chi connectivity index (χ1n) is 8.27. The van der Waals surface area contributed by atoms with Crippen LogP contribution >= 0.6 is 0 Å². The molecule has 1 fully saturated rings. The van der Waals surface area contributed by atoms with Gasteiger partial charge in [0, 0.05) is 12.6 Å². The number of halogens is 1. The van der Waals surface area contributed by atoms with Gasteiger partial charge in [-0.1, -0.05) is 30.3 Å². The Bertz CT molecular complexity index is 835. The molecule has 132 valence electrons. The van der Waals surface area contributed by atoms with Crippen LogP contribution in [0.25, 0.3) is 0 Å². The average molecular weight is 361 g/mol. The first-order chi connectivity index (χ1) is 12.0. The van der Waals surface area contributed by atoms with Gasteiger partial charge in [0.15, 0.2) is 9.84 Å². The maximum Gasteiger partial charge on any atom is 0.227 e. The van der Waals surface area contributed by atoms with Crippen LogP contribution in [-0.2, 0) is 21.1 Å². The van der Waals surface area contributed by atoms with Crippen molar-refractivity contribution in [1.29, 1.82) is 0 Å². The highest BCUT2D eigenvalue weighted by atomic mass is 32.2. The highest BCUT2D eigenvalue weighted by Gasteiger charge is 2.32. The number of likely N-dealkylation sites (tertiary alicyclic amines) is 1. The number of carbonyl (C=O) groups is 1. The molecule has 4 nitrogen and oxygen atoms in total. The Hall–Kier alpha value is -2.21. The SMILES string of the molecule is O=C(Cc1ccc(F)cc1)N1CCC[C@@H]1CS(=O)(=O)c1ccccc1. The van der Waals surface area contributed by atoms with E-state index in [9.17, 15) is 17.6 Å². The normalized spacial score (nSPS) is 17.6. The fourth-order valence-electron chi connectivity index (χ4n) is 3.19. The molecule has 1 atom stereocenters. The van der Waals surface area contributed by atoms with Crippen molar-refractivity contribution in [2.24, 2.45) is 0 Å². The van der Waals surface area contributed by atoms with Crippen LogP contribution in [0.1, 0.15) is 18.4 Å². The van der Waals surface area contributed by atoms with E-state index in [1.54, 1.807) is 47.4 Å². The molecule has 0 aliphatic carbocycles. The second-order valence-electron chi connectivity index (χ2n) is 6.28. The summed E-state index contributed by atoms with van der Waals surface area (Å²) in [4.78, 5) is 14.5. The number of rotatable bonds is 5. The molecule has 0 radical (unpaired) electrons. The van der Waals surface area contributed by atoms with E-state index in [1.165, 1.54) is 12.1 Å². The fourth-order valence-corrected chi connectivity index (χ4v) is 4.81. The van der Waals surface area contributed by atoms with Gasteiger partial charge in [-0.15, -0.1) is 0 Å². The van der Waals surface area contributed by atoms with E-state index in [-0.39, 0.29) is 34.8 Å². The van der Waals surface area contributed by atoms with E-state index >= 15 is 0 Å². The molecule has 0 aromatic heterocycles. The maximum atomic E-state index is 13.0. The van der Waals surface area contributed by atoms with Crippen LogP contribution in [-0.4, -0.2) is 37.6 Å². The molecule has 2 aromatic carbocycles. The zero-order valence-electron chi connectivity index (χ0n) is 13.8. The first-order valence-corrected chi connectivity index (χ1v) is 9.93. The summed E-state index contributed by atoms with van der Waals surface area (Å²) >= 11 is 0. The minimum Gasteiger partial charge on any atom is -0.338 e. The summed E-state index contributed by atoms with van der Waals surface area (Å²) in [6.45, 7) is 0.564. The van der Waals surface area contributed by atoms with Gasteiger partial charge in [-0.25, -0.2) is 12.8 Å². The summed E-state index contributed by atoms with van der Waals surface area (Å²) in [6.07, 6.45) is 1.63. The van der Waals surface area contributed by atoms with Gasteiger partial charge < -0.3 is 4.90 Å². The topological polar surface area (TPSA) is 54.5 Å². The summed E-state index contributed by atoms with van der Waals surface area (Å²) in [7, 11) is -3.43. The summed E-state index contributed by atoms with van der Waals surface area (Å²) in [6, 6.07) is 13.8. The Balaban J connectivity index is 1.70. The van der Waals surface area contributed by atoms with E-state index in [2.05, 4.69) is 0 Å². The molecule has 0 N–H and O–H groups in total. The number of amides is 1. The summed E-state index contributed by atoms with van der Waals surface area (Å²) in [5.74, 6) is -0.520. The van der Waals surface area contributed by atoms with Gasteiger partial charge in [0.2, 0.25) is 5.91 Å². The highest BCUT2D eigenvalue weighted by molar-refractivity contribution is 7.91. The van der Waals surface area contributed by atoms with Crippen LogP contribution in [0.4, 0.5) is 4.39 Å². The molecule has 0 saturated carbocycles. The zero-order valence-corrected chi connectivity index (χ0v) is 14.6. The van der Waals surface area contributed by atoms with Gasteiger partial charge in [-0.3, -0.25) is 4.79 Å². The Morgan fingerprint density at radius 1 is 1.08 bits per heavy atom. The molecule has 25 heavy (non-hydrogen) atoms. The Morgan fingerprint density at radius 3 is 2.44 bits per heavy atom. The van der Waals surface area contributed by atoms with E-state index in [0.717, 1.165) is 12.0 Å². The van der Waals surface area contributed by atoms with Crippen molar-refractivity contribution in [2.75, 3.05) is 12.3 Å². The molecule has 0 spiro atoms. The molecule has 6 heteroatoms. The lowest BCUT2D eigenvalue weighted by atomic mass is 10.1. The largest absolute Gasteiger partial charge is 0.338 e. The van der Waals surface area contributed by atoms with Crippen molar-refractivity contribution in [3.8, 4) is 0 Å². The monoisotopic (exact) mass is 361 g/mol. The molecule has 1 aliphatic rings. The first kappa shape index (κ1) is 17.6. The third kappa shape index (κ3) is 4.25. The van der Waals surface area contributed by atoms with Crippen molar-refractivity contribution in [2.45, 2.75) is 30.2 Å². The number of hydrogen-bond acceptors (Lipinski definition) is 3. The van der Waals surface area contributed by atoms with Gasteiger partial charge in [0.05, 0.1) is 17.1 Å². The summed E-state index contributed by atoms with van der Waals surface area (Å²) < 4.78 is 38.1.